The Labute approximate surface area is 88.1 Å². The predicted molar refractivity (Wildman–Crippen MR) is 53.8 cm³/mol. The second kappa shape index (κ2) is 6.97. The molecule has 0 aromatic carbocycles. The van der Waals surface area contributed by atoms with Gasteiger partial charge in [-0.15, -0.1) is 0 Å². The number of hydrogen-bond acceptors (Lipinski definition) is 5. The van der Waals surface area contributed by atoms with Crippen molar-refractivity contribution in [1.29, 1.82) is 0 Å². The van der Waals surface area contributed by atoms with E-state index in [9.17, 15) is 9.59 Å². The van der Waals surface area contributed by atoms with Crippen LogP contribution in [0.15, 0.2) is 11.6 Å². The fourth-order valence-electron chi connectivity index (χ4n) is 0.790. The highest BCUT2D eigenvalue weighted by atomic mass is 16.5. The van der Waals surface area contributed by atoms with Gasteiger partial charge >= 0.3 is 5.97 Å². The number of nitrogens with one attached hydrogen (secondary N) is 1. The van der Waals surface area contributed by atoms with E-state index in [1.807, 2.05) is 0 Å². The van der Waals surface area contributed by atoms with Crippen LogP contribution in [0.3, 0.4) is 0 Å². The van der Waals surface area contributed by atoms with Gasteiger partial charge in [0.25, 0.3) is 0 Å². The molecule has 0 heterocycles. The standard InChI is InChI=1S/C9H16N2O4/c1-6(9(14)15-2)3-4-11-5-7(12)8(10)13/h3,7,11-12H,4-5H2,1-2H3,(H2,10,13). The first kappa shape index (κ1) is 13.6. The largest absolute Gasteiger partial charge is 0.466 e. The Kier molecular flexibility index (Phi) is 6.32. The van der Waals surface area contributed by atoms with Crippen LogP contribution in [-0.4, -0.2) is 43.3 Å². The third kappa shape index (κ3) is 5.82. The van der Waals surface area contributed by atoms with Gasteiger partial charge in [-0.3, -0.25) is 4.79 Å². The number of rotatable bonds is 6. The Morgan fingerprint density at radius 3 is 2.67 bits per heavy atom. The van der Waals surface area contributed by atoms with Crippen molar-refractivity contribution < 1.29 is 19.4 Å². The molecule has 6 heteroatoms. The molecule has 1 atom stereocenters. The summed E-state index contributed by atoms with van der Waals surface area (Å²) in [7, 11) is 1.30. The van der Waals surface area contributed by atoms with Gasteiger partial charge in [0, 0.05) is 18.7 Å². The van der Waals surface area contributed by atoms with Crippen molar-refractivity contribution in [3.63, 3.8) is 0 Å². The Balaban J connectivity index is 3.79. The fraction of sp³-hybridized carbons (Fsp3) is 0.556. The minimum absolute atomic E-state index is 0.0558. The van der Waals surface area contributed by atoms with E-state index in [0.29, 0.717) is 12.1 Å². The molecular formula is C9H16N2O4. The summed E-state index contributed by atoms with van der Waals surface area (Å²) in [6.07, 6.45) is 0.386. The van der Waals surface area contributed by atoms with Crippen LogP contribution < -0.4 is 11.1 Å². The van der Waals surface area contributed by atoms with Crippen molar-refractivity contribution in [2.75, 3.05) is 20.2 Å². The first-order chi connectivity index (χ1) is 6.99. The van der Waals surface area contributed by atoms with Crippen molar-refractivity contribution >= 4 is 11.9 Å². The Morgan fingerprint density at radius 1 is 1.60 bits per heavy atom. The number of nitrogens with two attached hydrogens (primary N) is 1. The lowest BCUT2D eigenvalue weighted by atomic mass is 10.3. The van der Waals surface area contributed by atoms with Crippen LogP contribution in [0.5, 0.6) is 0 Å². The molecule has 6 nitrogen and oxygen atoms in total. The van der Waals surface area contributed by atoms with Gasteiger partial charge in [-0.25, -0.2) is 4.79 Å². The summed E-state index contributed by atoms with van der Waals surface area (Å²) in [6, 6.07) is 0. The van der Waals surface area contributed by atoms with E-state index in [2.05, 4.69) is 10.1 Å². The maximum absolute atomic E-state index is 10.9. The van der Waals surface area contributed by atoms with Crippen molar-refractivity contribution in [2.24, 2.45) is 5.73 Å². The predicted octanol–water partition coefficient (Wildman–Crippen LogP) is -1.46. The summed E-state index contributed by atoms with van der Waals surface area (Å²) in [5.74, 6) is -1.19. The second-order valence-corrected chi connectivity index (χ2v) is 2.96. The summed E-state index contributed by atoms with van der Waals surface area (Å²) in [4.78, 5) is 21.3. The smallest absolute Gasteiger partial charge is 0.333 e. The lowest BCUT2D eigenvalue weighted by Gasteiger charge is -2.06. The van der Waals surface area contributed by atoms with E-state index in [4.69, 9.17) is 10.8 Å². The number of hydrogen-bond donors (Lipinski definition) is 3. The first-order valence-corrected chi connectivity index (χ1v) is 4.42. The van der Waals surface area contributed by atoms with E-state index in [-0.39, 0.29) is 6.54 Å². The zero-order valence-electron chi connectivity index (χ0n) is 8.82. The van der Waals surface area contributed by atoms with Gasteiger partial charge in [0.2, 0.25) is 5.91 Å². The van der Waals surface area contributed by atoms with Crippen molar-refractivity contribution in [3.05, 3.63) is 11.6 Å². The van der Waals surface area contributed by atoms with Crippen LogP contribution in [0.25, 0.3) is 0 Å². The van der Waals surface area contributed by atoms with Crippen LogP contribution >= 0.6 is 0 Å². The molecule has 0 saturated carbocycles. The highest BCUT2D eigenvalue weighted by molar-refractivity contribution is 5.87. The molecule has 0 aliphatic heterocycles. The Hall–Kier alpha value is -1.40. The molecule has 1 unspecified atom stereocenters. The van der Waals surface area contributed by atoms with Crippen LogP contribution in [0.1, 0.15) is 6.92 Å². The molecule has 0 saturated heterocycles. The molecule has 1 amide bonds. The van der Waals surface area contributed by atoms with Gasteiger partial charge in [-0.1, -0.05) is 6.08 Å². The number of amides is 1. The molecule has 0 aromatic rings. The van der Waals surface area contributed by atoms with Gasteiger partial charge in [-0.2, -0.15) is 0 Å². The molecule has 4 N–H and O–H groups in total. The number of carbonyl (C=O) groups is 2. The lowest BCUT2D eigenvalue weighted by molar-refractivity contribution is -0.136. The number of carbonyl (C=O) groups excluding carboxylic acids is 2. The van der Waals surface area contributed by atoms with E-state index in [0.717, 1.165) is 0 Å². The summed E-state index contributed by atoms with van der Waals surface area (Å²) < 4.78 is 4.47. The Bertz CT molecular complexity index is 263. The zero-order valence-corrected chi connectivity index (χ0v) is 8.82. The molecule has 86 valence electrons. The molecule has 15 heavy (non-hydrogen) atoms. The topological polar surface area (TPSA) is 102 Å². The third-order valence-corrected chi connectivity index (χ3v) is 1.73. The maximum Gasteiger partial charge on any atom is 0.333 e. The van der Waals surface area contributed by atoms with Crippen molar-refractivity contribution in [2.45, 2.75) is 13.0 Å². The molecular weight excluding hydrogens is 200 g/mol. The Morgan fingerprint density at radius 2 is 2.20 bits per heavy atom. The third-order valence-electron chi connectivity index (χ3n) is 1.73. The van der Waals surface area contributed by atoms with Crippen molar-refractivity contribution in [1.82, 2.24) is 5.32 Å². The molecule has 0 fully saturated rings. The summed E-state index contributed by atoms with van der Waals surface area (Å²) in [5.41, 5.74) is 5.29. The average molecular weight is 216 g/mol. The fourth-order valence-corrected chi connectivity index (χ4v) is 0.790. The summed E-state index contributed by atoms with van der Waals surface area (Å²) >= 11 is 0. The first-order valence-electron chi connectivity index (χ1n) is 4.42. The average Bonchev–Trinajstić information content (AvgIpc) is 2.22. The summed E-state index contributed by atoms with van der Waals surface area (Å²) in [6.45, 7) is 2.02. The number of esters is 1. The minimum Gasteiger partial charge on any atom is -0.466 e. The van der Waals surface area contributed by atoms with Crippen LogP contribution in [-0.2, 0) is 14.3 Å². The molecule has 0 spiro atoms. The number of aliphatic hydroxyl groups is 1. The van der Waals surface area contributed by atoms with Gasteiger partial charge in [-0.05, 0) is 6.92 Å². The molecule has 0 aliphatic carbocycles. The molecule has 0 aliphatic rings. The van der Waals surface area contributed by atoms with Crippen LogP contribution in [0, 0.1) is 0 Å². The molecule has 0 radical (unpaired) electrons. The SMILES string of the molecule is COC(=O)C(C)=CCNCC(O)C(N)=O. The zero-order chi connectivity index (χ0) is 11.8. The number of methoxy groups -OCH3 is 1. The van der Waals surface area contributed by atoms with Crippen LogP contribution in [0.4, 0.5) is 0 Å². The maximum atomic E-state index is 10.9. The highest BCUT2D eigenvalue weighted by Gasteiger charge is 2.08. The normalized spacial score (nSPS) is 13.4. The monoisotopic (exact) mass is 216 g/mol. The summed E-state index contributed by atoms with van der Waals surface area (Å²) in [5, 5.41) is 11.7. The highest BCUT2D eigenvalue weighted by Crippen LogP contribution is 1.93. The number of primary amides is 1. The van der Waals surface area contributed by atoms with Crippen molar-refractivity contribution in [3.8, 4) is 0 Å². The number of aliphatic hydroxyl groups excluding tert-OH is 1. The molecule has 0 bridgehead atoms. The van der Waals surface area contributed by atoms with E-state index in [1.165, 1.54) is 7.11 Å². The van der Waals surface area contributed by atoms with E-state index in [1.54, 1.807) is 13.0 Å². The molecule has 0 rings (SSSR count). The van der Waals surface area contributed by atoms with Crippen LogP contribution in [0.2, 0.25) is 0 Å². The minimum atomic E-state index is -1.21. The molecule has 0 aromatic heterocycles. The van der Waals surface area contributed by atoms with Gasteiger partial charge in [0.05, 0.1) is 7.11 Å². The second-order valence-electron chi connectivity index (χ2n) is 2.96. The number of ether oxygens (including phenoxy) is 1. The van der Waals surface area contributed by atoms with E-state index >= 15 is 0 Å². The quantitative estimate of drug-likeness (QED) is 0.286. The lowest BCUT2D eigenvalue weighted by Crippen LogP contribution is -2.37. The van der Waals surface area contributed by atoms with Gasteiger partial charge in [0.15, 0.2) is 0 Å². The van der Waals surface area contributed by atoms with Gasteiger partial charge < -0.3 is 20.9 Å². The van der Waals surface area contributed by atoms with E-state index < -0.39 is 18.0 Å². The van der Waals surface area contributed by atoms with Gasteiger partial charge in [0.1, 0.15) is 6.10 Å².